The summed E-state index contributed by atoms with van der Waals surface area (Å²) in [6, 6.07) is 13.6. The molecule has 1 aromatic carbocycles. The number of hydrogen-bond acceptors (Lipinski definition) is 3. The predicted octanol–water partition coefficient (Wildman–Crippen LogP) is 3.89. The van der Waals surface area contributed by atoms with Crippen LogP contribution in [-0.2, 0) is 4.79 Å². The van der Waals surface area contributed by atoms with Crippen LogP contribution in [0.5, 0.6) is 0 Å². The van der Waals surface area contributed by atoms with E-state index in [1.54, 1.807) is 24.3 Å². The van der Waals surface area contributed by atoms with Crippen molar-refractivity contribution in [1.82, 2.24) is 9.88 Å². The Hall–Kier alpha value is -2.82. The van der Waals surface area contributed by atoms with Gasteiger partial charge >= 0.3 is 11.7 Å². The lowest BCUT2D eigenvalue weighted by atomic mass is 10.1. The lowest BCUT2D eigenvalue weighted by Crippen LogP contribution is -2.32. The third-order valence-electron chi connectivity index (χ3n) is 3.96. The molecule has 0 spiro atoms. The van der Waals surface area contributed by atoms with Crippen molar-refractivity contribution in [1.29, 1.82) is 0 Å². The Labute approximate surface area is 142 Å². The largest absolute Gasteiger partial charge is 0.311 e. The smallest absolute Gasteiger partial charge is 0.264 e. The average molecular weight is 321 g/mol. The molecule has 0 saturated carbocycles. The monoisotopic (exact) mass is 321 g/mol. The molecule has 2 heterocycles. The molecule has 1 aliphatic rings. The fourth-order valence-corrected chi connectivity index (χ4v) is 2.66. The second kappa shape index (κ2) is 6.74. The van der Waals surface area contributed by atoms with Crippen molar-refractivity contribution in [3.63, 3.8) is 0 Å². The second-order valence-electron chi connectivity index (χ2n) is 6.07. The van der Waals surface area contributed by atoms with Crippen LogP contribution in [-0.4, -0.2) is 27.5 Å². The molecule has 1 unspecified atom stereocenters. The van der Waals surface area contributed by atoms with Crippen molar-refractivity contribution in [2.24, 2.45) is 11.0 Å². The van der Waals surface area contributed by atoms with Crippen LogP contribution >= 0.6 is 0 Å². The number of carbonyl (C=O) groups is 1. The maximum absolute atomic E-state index is 12.5. The maximum atomic E-state index is 12.5. The number of carbonyl (C=O) groups excluding carboxylic acids is 1. The van der Waals surface area contributed by atoms with E-state index in [1.165, 1.54) is 0 Å². The van der Waals surface area contributed by atoms with E-state index in [-0.39, 0.29) is 17.9 Å². The summed E-state index contributed by atoms with van der Waals surface area (Å²) < 4.78 is 1.83. The molecule has 0 radical (unpaired) electrons. The number of amides is 1. The van der Waals surface area contributed by atoms with Crippen molar-refractivity contribution in [2.75, 3.05) is 7.05 Å². The van der Waals surface area contributed by atoms with Crippen molar-refractivity contribution in [3.05, 3.63) is 72.3 Å². The highest BCUT2D eigenvalue weighted by Crippen LogP contribution is 2.32. The molecule has 24 heavy (non-hydrogen) atoms. The van der Waals surface area contributed by atoms with Gasteiger partial charge in [0.1, 0.15) is 6.04 Å². The fourth-order valence-electron chi connectivity index (χ4n) is 2.66. The molecule has 122 valence electrons. The zero-order chi connectivity index (χ0) is 17.1. The molecule has 0 bridgehead atoms. The summed E-state index contributed by atoms with van der Waals surface area (Å²) in [6.07, 6.45) is 5.55. The summed E-state index contributed by atoms with van der Waals surface area (Å²) in [5.41, 5.74) is 1.93. The molecule has 0 N–H and O–H groups in total. The van der Waals surface area contributed by atoms with E-state index in [2.05, 4.69) is 4.98 Å². The Morgan fingerprint density at radius 2 is 1.92 bits per heavy atom. The Morgan fingerprint density at radius 1 is 1.17 bits per heavy atom. The van der Waals surface area contributed by atoms with Gasteiger partial charge < -0.3 is 0 Å². The molecular weight excluding hydrogens is 300 g/mol. The highest BCUT2D eigenvalue weighted by molar-refractivity contribution is 5.79. The van der Waals surface area contributed by atoms with Crippen LogP contribution in [0.3, 0.4) is 0 Å². The van der Waals surface area contributed by atoms with Crippen molar-refractivity contribution < 1.29 is 9.49 Å². The predicted molar refractivity (Wildman–Crippen MR) is 91.5 cm³/mol. The van der Waals surface area contributed by atoms with Crippen LogP contribution in [0.2, 0.25) is 0 Å². The molecule has 2 aromatic rings. The van der Waals surface area contributed by atoms with Gasteiger partial charge in [0, 0.05) is 24.0 Å². The zero-order valence-electron chi connectivity index (χ0n) is 14.1. The number of azo groups is 2. The van der Waals surface area contributed by atoms with Gasteiger partial charge in [0.15, 0.2) is 5.69 Å². The fraction of sp³-hybridized carbons (Fsp3) is 0.263. The number of pyridine rings is 1. The summed E-state index contributed by atoms with van der Waals surface area (Å²) in [7, 11) is 1.80. The number of rotatable bonds is 4. The Morgan fingerprint density at radius 3 is 2.54 bits per heavy atom. The van der Waals surface area contributed by atoms with E-state index in [0.29, 0.717) is 0 Å². The van der Waals surface area contributed by atoms with Crippen molar-refractivity contribution in [3.8, 4) is 0 Å². The van der Waals surface area contributed by atoms with E-state index in [4.69, 9.17) is 5.11 Å². The first-order chi connectivity index (χ1) is 11.6. The molecule has 5 heteroatoms. The van der Waals surface area contributed by atoms with Crippen LogP contribution < -0.4 is 0 Å². The first-order valence-electron chi connectivity index (χ1n) is 8.03. The van der Waals surface area contributed by atoms with E-state index >= 15 is 0 Å². The van der Waals surface area contributed by atoms with Gasteiger partial charge in [-0.1, -0.05) is 38.1 Å². The molecule has 5 nitrogen and oxygen atoms in total. The zero-order valence-corrected chi connectivity index (χ0v) is 14.1. The summed E-state index contributed by atoms with van der Waals surface area (Å²) in [6.45, 7) is 3.80. The van der Waals surface area contributed by atoms with E-state index in [1.807, 2.05) is 67.1 Å². The minimum atomic E-state index is -0.156. The third-order valence-corrected chi connectivity index (χ3v) is 3.96. The van der Waals surface area contributed by atoms with Gasteiger partial charge in [-0.3, -0.25) is 4.98 Å². The number of hydrogen-bond donors (Lipinski definition) is 0. The van der Waals surface area contributed by atoms with Crippen LogP contribution in [0.1, 0.15) is 25.5 Å². The molecular formula is C19H21N4O+. The van der Waals surface area contributed by atoms with Gasteiger partial charge in [-0.25, -0.2) is 4.79 Å². The third kappa shape index (κ3) is 3.11. The first-order valence-corrected chi connectivity index (χ1v) is 8.03. The summed E-state index contributed by atoms with van der Waals surface area (Å²) in [5.74, 6) is 0.754. The Balaban J connectivity index is 2.03. The van der Waals surface area contributed by atoms with Gasteiger partial charge in [0.05, 0.1) is 13.0 Å². The molecule has 1 aliphatic heterocycles. The number of nitrogens with zero attached hydrogens (tertiary/aromatic N) is 4. The Bertz CT molecular complexity index is 782. The lowest BCUT2D eigenvalue weighted by molar-refractivity contribution is -0.472. The van der Waals surface area contributed by atoms with Crippen LogP contribution in [0.15, 0.2) is 71.9 Å². The second-order valence-corrected chi connectivity index (χ2v) is 6.07. The highest BCUT2D eigenvalue weighted by Gasteiger charge is 2.35. The minimum absolute atomic E-state index is 0.0595. The highest BCUT2D eigenvalue weighted by atomic mass is 16.2. The normalized spacial score (nSPS) is 16.8. The summed E-state index contributed by atoms with van der Waals surface area (Å²) >= 11 is 0. The summed E-state index contributed by atoms with van der Waals surface area (Å²) in [5, 5.41) is 4.78. The lowest BCUT2D eigenvalue weighted by Gasteiger charge is -2.13. The molecule has 1 atom stereocenters. The van der Waals surface area contributed by atoms with Gasteiger partial charge in [-0.15, -0.1) is 9.81 Å². The minimum Gasteiger partial charge on any atom is -0.264 e. The van der Waals surface area contributed by atoms with Crippen LogP contribution in [0, 0.1) is 5.92 Å². The quantitative estimate of drug-likeness (QED) is 0.802. The van der Waals surface area contributed by atoms with Crippen molar-refractivity contribution in [2.45, 2.75) is 19.9 Å². The molecule has 0 aliphatic carbocycles. The first kappa shape index (κ1) is 16.1. The molecule has 1 aromatic heterocycles. The van der Waals surface area contributed by atoms with Crippen LogP contribution in [0.4, 0.5) is 5.69 Å². The molecule has 1 amide bonds. The van der Waals surface area contributed by atoms with Gasteiger partial charge in [0.2, 0.25) is 0 Å². The molecule has 3 rings (SSSR count). The average Bonchev–Trinajstić information content (AvgIpc) is 3.07. The van der Waals surface area contributed by atoms with Gasteiger partial charge in [-0.05, 0) is 18.2 Å². The molecule has 0 fully saturated rings. The number of benzene rings is 1. The van der Waals surface area contributed by atoms with Crippen molar-refractivity contribution >= 4 is 11.6 Å². The standard InChI is InChI=1S/C19H21N4O/c1-14(2)19(24)22(3)18-12-17(15-8-7-11-20-13-15)21-23(18)16-9-5-4-6-10-16/h4-14,17H,1-3H3/q+1. The molecule has 0 saturated heterocycles. The summed E-state index contributed by atoms with van der Waals surface area (Å²) in [4.78, 5) is 18.3. The number of aromatic nitrogens is 1. The number of para-hydroxylation sites is 1. The van der Waals surface area contributed by atoms with E-state index < -0.39 is 0 Å². The van der Waals surface area contributed by atoms with Gasteiger partial charge in [0.25, 0.3) is 0 Å². The van der Waals surface area contributed by atoms with Crippen LogP contribution in [0.25, 0.3) is 0 Å². The topological polar surface area (TPSA) is 48.6 Å². The van der Waals surface area contributed by atoms with Gasteiger partial charge in [-0.2, -0.15) is 4.90 Å². The van der Waals surface area contributed by atoms with E-state index in [9.17, 15) is 4.79 Å². The maximum Gasteiger partial charge on any atom is 0.311 e. The van der Waals surface area contributed by atoms with E-state index in [0.717, 1.165) is 17.1 Å². The SMILES string of the molecule is CC(C)C(=O)N(C)C1=CC(c2cccnc2)N=[N+]1c1ccccc1. The Kier molecular flexibility index (Phi) is 4.51.